The van der Waals surface area contributed by atoms with Crippen molar-refractivity contribution in [3.05, 3.63) is 0 Å². The van der Waals surface area contributed by atoms with Gasteiger partial charge in [-0.05, 0) is 19.9 Å². The van der Waals surface area contributed by atoms with Crippen LogP contribution in [0.25, 0.3) is 0 Å². The van der Waals surface area contributed by atoms with E-state index in [-0.39, 0.29) is 5.97 Å². The first-order valence-corrected chi connectivity index (χ1v) is 7.02. The molecule has 2 atom stereocenters. The lowest BCUT2D eigenvalue weighted by Gasteiger charge is -2.33. The van der Waals surface area contributed by atoms with E-state index >= 15 is 0 Å². The van der Waals surface area contributed by atoms with Crippen LogP contribution in [0.4, 0.5) is 0 Å². The third kappa shape index (κ3) is 4.16. The first kappa shape index (κ1) is 14.8. The molecule has 0 amide bonds. The van der Waals surface area contributed by atoms with E-state index in [1.165, 1.54) is 7.11 Å². The van der Waals surface area contributed by atoms with Crippen molar-refractivity contribution < 1.29 is 14.3 Å². The van der Waals surface area contributed by atoms with Gasteiger partial charge in [-0.2, -0.15) is 11.8 Å². The highest BCUT2D eigenvalue weighted by molar-refractivity contribution is 8.00. The van der Waals surface area contributed by atoms with E-state index in [0.717, 1.165) is 26.2 Å². The van der Waals surface area contributed by atoms with E-state index in [9.17, 15) is 4.79 Å². The molecule has 0 bridgehead atoms. The van der Waals surface area contributed by atoms with Gasteiger partial charge in [-0.15, -0.1) is 0 Å². The number of carbonyl (C=O) groups excluding carboxylic acids is 1. The van der Waals surface area contributed by atoms with Crippen molar-refractivity contribution in [3.63, 3.8) is 0 Å². The van der Waals surface area contributed by atoms with Crippen LogP contribution in [0.2, 0.25) is 0 Å². The number of esters is 1. The number of thioether (sulfide) groups is 1. The Morgan fingerprint density at radius 3 is 2.71 bits per heavy atom. The summed E-state index contributed by atoms with van der Waals surface area (Å²) < 4.78 is 10.0. The summed E-state index contributed by atoms with van der Waals surface area (Å²) in [4.78, 5) is 11.8. The van der Waals surface area contributed by atoms with Crippen molar-refractivity contribution >= 4 is 17.7 Å². The molecular weight excluding hydrogens is 238 g/mol. The van der Waals surface area contributed by atoms with Crippen LogP contribution in [0.1, 0.15) is 27.2 Å². The van der Waals surface area contributed by atoms with E-state index < -0.39 is 5.54 Å². The fourth-order valence-corrected chi connectivity index (χ4v) is 3.52. The molecule has 5 heteroatoms. The maximum Gasteiger partial charge on any atom is 0.325 e. The van der Waals surface area contributed by atoms with Gasteiger partial charge in [0.25, 0.3) is 0 Å². The molecule has 1 aliphatic heterocycles. The second kappa shape index (κ2) is 6.61. The predicted octanol–water partition coefficient (Wildman–Crippen LogP) is 1.44. The molecule has 0 aromatic carbocycles. The molecule has 0 saturated carbocycles. The molecule has 1 aliphatic rings. The number of rotatable bonds is 7. The Kier molecular flexibility index (Phi) is 5.76. The van der Waals surface area contributed by atoms with Crippen LogP contribution >= 0.6 is 11.8 Å². The summed E-state index contributed by atoms with van der Waals surface area (Å²) in [5.41, 5.74) is -0.583. The van der Waals surface area contributed by atoms with Crippen LogP contribution in [-0.2, 0) is 14.3 Å². The van der Waals surface area contributed by atoms with Crippen molar-refractivity contribution in [2.24, 2.45) is 0 Å². The lowest BCUT2D eigenvalue weighted by molar-refractivity contribution is -0.148. The number of ether oxygens (including phenoxy) is 2. The van der Waals surface area contributed by atoms with Crippen LogP contribution in [0.3, 0.4) is 0 Å². The first-order chi connectivity index (χ1) is 8.01. The zero-order chi connectivity index (χ0) is 12.9. The van der Waals surface area contributed by atoms with Gasteiger partial charge in [-0.25, -0.2) is 0 Å². The minimum absolute atomic E-state index is 0.184. The maximum absolute atomic E-state index is 11.8. The van der Waals surface area contributed by atoms with Gasteiger partial charge in [0, 0.05) is 5.25 Å². The van der Waals surface area contributed by atoms with Gasteiger partial charge in [-0.1, -0.05) is 13.8 Å². The molecule has 0 aliphatic carbocycles. The summed E-state index contributed by atoms with van der Waals surface area (Å²) >= 11 is 1.89. The highest BCUT2D eigenvalue weighted by atomic mass is 32.2. The zero-order valence-corrected chi connectivity index (χ0v) is 11.9. The summed E-state index contributed by atoms with van der Waals surface area (Å²) in [5, 5.41) is 4.23. The first-order valence-electron chi connectivity index (χ1n) is 6.08. The fourth-order valence-electron chi connectivity index (χ4n) is 2.09. The average molecular weight is 261 g/mol. The predicted molar refractivity (Wildman–Crippen MR) is 70.4 cm³/mol. The average Bonchev–Trinajstić information content (AvgIpc) is 2.22. The number of likely N-dealkylation sites (N-methyl/N-ethyl adjacent to an activating group) is 1. The van der Waals surface area contributed by atoms with Crippen molar-refractivity contribution in [1.82, 2.24) is 5.32 Å². The quantitative estimate of drug-likeness (QED) is 0.703. The number of carbonyl (C=O) groups is 1. The smallest absolute Gasteiger partial charge is 0.325 e. The Hall–Kier alpha value is -0.260. The number of methoxy groups -OCH3 is 1. The molecule has 0 radical (unpaired) electrons. The standard InChI is InChI=1S/C12H23NO3S/c1-5-13-12(3,11(14)15-4)6-9(2)17-10-7-16-8-10/h9-10,13H,5-8H2,1-4H3. The van der Waals surface area contributed by atoms with Gasteiger partial charge >= 0.3 is 5.97 Å². The minimum Gasteiger partial charge on any atom is -0.468 e. The number of hydrogen-bond acceptors (Lipinski definition) is 5. The van der Waals surface area contributed by atoms with Crippen LogP contribution in [-0.4, -0.2) is 48.9 Å². The molecule has 0 aromatic rings. The monoisotopic (exact) mass is 261 g/mol. The van der Waals surface area contributed by atoms with Crippen LogP contribution in [0.5, 0.6) is 0 Å². The second-order valence-corrected chi connectivity index (χ2v) is 6.41. The Morgan fingerprint density at radius 1 is 1.65 bits per heavy atom. The van der Waals surface area contributed by atoms with E-state index in [2.05, 4.69) is 12.2 Å². The number of nitrogens with one attached hydrogen (secondary N) is 1. The summed E-state index contributed by atoms with van der Waals surface area (Å²) in [5.74, 6) is -0.184. The Bertz CT molecular complexity index is 258. The van der Waals surface area contributed by atoms with Gasteiger partial charge in [0.2, 0.25) is 0 Å². The lowest BCUT2D eigenvalue weighted by atomic mass is 9.96. The zero-order valence-electron chi connectivity index (χ0n) is 11.1. The molecule has 0 spiro atoms. The summed E-state index contributed by atoms with van der Waals surface area (Å²) in [7, 11) is 1.44. The molecule has 2 unspecified atom stereocenters. The van der Waals surface area contributed by atoms with Crippen LogP contribution < -0.4 is 5.32 Å². The summed E-state index contributed by atoms with van der Waals surface area (Å²) in [6, 6.07) is 0. The van der Waals surface area contributed by atoms with Crippen molar-refractivity contribution in [2.45, 2.75) is 43.2 Å². The lowest BCUT2D eigenvalue weighted by Crippen LogP contribution is -2.51. The van der Waals surface area contributed by atoms with E-state index in [4.69, 9.17) is 9.47 Å². The van der Waals surface area contributed by atoms with Gasteiger partial charge in [0.15, 0.2) is 0 Å². The second-order valence-electron chi connectivity index (χ2n) is 4.66. The molecule has 1 N–H and O–H groups in total. The van der Waals surface area contributed by atoms with Gasteiger partial charge < -0.3 is 14.8 Å². The van der Waals surface area contributed by atoms with Gasteiger partial charge in [0.1, 0.15) is 5.54 Å². The minimum atomic E-state index is -0.583. The van der Waals surface area contributed by atoms with E-state index in [0.29, 0.717) is 10.5 Å². The summed E-state index contributed by atoms with van der Waals surface area (Å²) in [6.45, 7) is 8.50. The Morgan fingerprint density at radius 2 is 2.29 bits per heavy atom. The van der Waals surface area contributed by atoms with Crippen molar-refractivity contribution in [2.75, 3.05) is 26.9 Å². The Labute approximate surface area is 108 Å². The van der Waals surface area contributed by atoms with Crippen LogP contribution in [0, 0.1) is 0 Å². The van der Waals surface area contributed by atoms with Crippen LogP contribution in [0.15, 0.2) is 0 Å². The largest absolute Gasteiger partial charge is 0.468 e. The fraction of sp³-hybridized carbons (Fsp3) is 0.917. The maximum atomic E-state index is 11.8. The van der Waals surface area contributed by atoms with Gasteiger partial charge in [-0.3, -0.25) is 4.79 Å². The number of hydrogen-bond donors (Lipinski definition) is 1. The van der Waals surface area contributed by atoms with E-state index in [1.54, 1.807) is 0 Å². The summed E-state index contributed by atoms with van der Waals surface area (Å²) in [6.07, 6.45) is 0.772. The molecule has 0 aromatic heterocycles. The Balaban J connectivity index is 2.48. The molecule has 1 heterocycles. The normalized spacial score (nSPS) is 21.4. The third-order valence-electron chi connectivity index (χ3n) is 2.93. The SMILES string of the molecule is CCNC(C)(CC(C)SC1COC1)C(=O)OC. The molecule has 4 nitrogen and oxygen atoms in total. The molecule has 1 rings (SSSR count). The molecule has 17 heavy (non-hydrogen) atoms. The van der Waals surface area contributed by atoms with Gasteiger partial charge in [0.05, 0.1) is 25.6 Å². The molecule has 100 valence electrons. The topological polar surface area (TPSA) is 47.6 Å². The molecule has 1 fully saturated rings. The molecule has 1 saturated heterocycles. The molecular formula is C12H23NO3S. The highest BCUT2D eigenvalue weighted by Gasteiger charge is 2.36. The van der Waals surface area contributed by atoms with E-state index in [1.807, 2.05) is 25.6 Å². The van der Waals surface area contributed by atoms with Crippen molar-refractivity contribution in [3.8, 4) is 0 Å². The van der Waals surface area contributed by atoms with Crippen molar-refractivity contribution in [1.29, 1.82) is 0 Å². The third-order valence-corrected chi connectivity index (χ3v) is 4.22. The highest BCUT2D eigenvalue weighted by Crippen LogP contribution is 2.29.